The van der Waals surface area contributed by atoms with E-state index in [1.54, 1.807) is 6.20 Å². The summed E-state index contributed by atoms with van der Waals surface area (Å²) in [5, 5.41) is 3.85. The molecule has 0 aliphatic heterocycles. The Balaban J connectivity index is 2.00. The molecule has 2 rings (SSSR count). The van der Waals surface area contributed by atoms with E-state index in [1.165, 1.54) is 0 Å². The van der Waals surface area contributed by atoms with Gasteiger partial charge in [0.2, 0.25) is 11.7 Å². The highest BCUT2D eigenvalue weighted by Gasteiger charge is 2.10. The SMILES string of the molecule is Cc1ncccc1OCc1noc(C(C)C)n1. The van der Waals surface area contributed by atoms with Gasteiger partial charge in [0, 0.05) is 12.1 Å². The van der Waals surface area contributed by atoms with Crippen LogP contribution in [0.25, 0.3) is 0 Å². The maximum absolute atomic E-state index is 5.57. The lowest BCUT2D eigenvalue weighted by molar-refractivity contribution is 0.281. The van der Waals surface area contributed by atoms with E-state index in [0.717, 1.165) is 11.4 Å². The first-order chi connectivity index (χ1) is 8.16. The monoisotopic (exact) mass is 233 g/mol. The molecule has 0 aromatic carbocycles. The first-order valence-corrected chi connectivity index (χ1v) is 5.53. The second-order valence-electron chi connectivity index (χ2n) is 4.08. The third-order valence-electron chi connectivity index (χ3n) is 2.29. The number of aromatic nitrogens is 3. The van der Waals surface area contributed by atoms with Gasteiger partial charge in [-0.2, -0.15) is 4.98 Å². The maximum atomic E-state index is 5.57. The van der Waals surface area contributed by atoms with Gasteiger partial charge in [0.1, 0.15) is 5.75 Å². The van der Waals surface area contributed by atoms with E-state index in [4.69, 9.17) is 9.26 Å². The minimum Gasteiger partial charge on any atom is -0.484 e. The average molecular weight is 233 g/mol. The fourth-order valence-corrected chi connectivity index (χ4v) is 1.32. The molecule has 0 aliphatic rings. The summed E-state index contributed by atoms with van der Waals surface area (Å²) < 4.78 is 10.7. The predicted octanol–water partition coefficient (Wildman–Crippen LogP) is 2.48. The number of hydrogen-bond donors (Lipinski definition) is 0. The lowest BCUT2D eigenvalue weighted by atomic mass is 10.2. The van der Waals surface area contributed by atoms with Gasteiger partial charge in [0.15, 0.2) is 6.61 Å². The Morgan fingerprint density at radius 2 is 2.24 bits per heavy atom. The Hall–Kier alpha value is -1.91. The van der Waals surface area contributed by atoms with E-state index in [2.05, 4.69) is 15.1 Å². The van der Waals surface area contributed by atoms with Gasteiger partial charge in [-0.3, -0.25) is 4.98 Å². The Morgan fingerprint density at radius 3 is 2.88 bits per heavy atom. The molecule has 2 aromatic heterocycles. The summed E-state index contributed by atoms with van der Waals surface area (Å²) >= 11 is 0. The molecule has 0 bridgehead atoms. The summed E-state index contributed by atoms with van der Waals surface area (Å²) in [6, 6.07) is 3.70. The van der Waals surface area contributed by atoms with Gasteiger partial charge in [0.05, 0.1) is 5.69 Å². The lowest BCUT2D eigenvalue weighted by Crippen LogP contribution is -2.00. The highest BCUT2D eigenvalue weighted by atomic mass is 16.5. The van der Waals surface area contributed by atoms with Crippen molar-refractivity contribution in [1.82, 2.24) is 15.1 Å². The van der Waals surface area contributed by atoms with Crippen molar-refractivity contribution in [2.45, 2.75) is 33.3 Å². The van der Waals surface area contributed by atoms with Crippen LogP contribution in [0, 0.1) is 6.92 Å². The van der Waals surface area contributed by atoms with Crippen molar-refractivity contribution < 1.29 is 9.26 Å². The summed E-state index contributed by atoms with van der Waals surface area (Å²) in [5.41, 5.74) is 0.847. The molecular weight excluding hydrogens is 218 g/mol. The molecular formula is C12H15N3O2. The minimum atomic E-state index is 0.233. The van der Waals surface area contributed by atoms with E-state index in [0.29, 0.717) is 18.3 Å². The van der Waals surface area contributed by atoms with Crippen LogP contribution in [0.4, 0.5) is 0 Å². The predicted molar refractivity (Wildman–Crippen MR) is 61.7 cm³/mol. The standard InChI is InChI=1S/C12H15N3O2/c1-8(2)12-14-11(15-17-12)7-16-10-5-4-6-13-9(10)3/h4-6,8H,7H2,1-3H3. The molecule has 0 fully saturated rings. The van der Waals surface area contributed by atoms with Crippen molar-refractivity contribution in [3.63, 3.8) is 0 Å². The second-order valence-corrected chi connectivity index (χ2v) is 4.08. The highest BCUT2D eigenvalue weighted by Crippen LogP contribution is 2.16. The average Bonchev–Trinajstić information content (AvgIpc) is 2.77. The molecule has 0 saturated carbocycles. The quantitative estimate of drug-likeness (QED) is 0.811. The zero-order valence-electron chi connectivity index (χ0n) is 10.2. The Bertz CT molecular complexity index is 494. The van der Waals surface area contributed by atoms with Crippen LogP contribution < -0.4 is 4.74 Å². The molecule has 2 aromatic rings. The van der Waals surface area contributed by atoms with Gasteiger partial charge in [-0.1, -0.05) is 19.0 Å². The summed E-state index contributed by atoms with van der Waals surface area (Å²) in [6.07, 6.45) is 1.73. The number of hydrogen-bond acceptors (Lipinski definition) is 5. The minimum absolute atomic E-state index is 0.233. The summed E-state index contributed by atoms with van der Waals surface area (Å²) in [7, 11) is 0. The zero-order valence-corrected chi connectivity index (χ0v) is 10.2. The van der Waals surface area contributed by atoms with Gasteiger partial charge < -0.3 is 9.26 Å². The van der Waals surface area contributed by atoms with Crippen LogP contribution in [0.1, 0.15) is 37.2 Å². The third kappa shape index (κ3) is 2.81. The molecule has 0 aliphatic carbocycles. The summed E-state index contributed by atoms with van der Waals surface area (Å²) in [5.74, 6) is 2.16. The Kier molecular flexibility index (Phi) is 3.37. The molecule has 90 valence electrons. The van der Waals surface area contributed by atoms with Gasteiger partial charge in [0.25, 0.3) is 0 Å². The van der Waals surface area contributed by atoms with E-state index in [1.807, 2.05) is 32.9 Å². The van der Waals surface area contributed by atoms with Crippen molar-refractivity contribution in [3.8, 4) is 5.75 Å². The van der Waals surface area contributed by atoms with E-state index >= 15 is 0 Å². The third-order valence-corrected chi connectivity index (χ3v) is 2.29. The van der Waals surface area contributed by atoms with Crippen LogP contribution in [0.5, 0.6) is 5.75 Å². The van der Waals surface area contributed by atoms with Gasteiger partial charge in [-0.15, -0.1) is 0 Å². The van der Waals surface area contributed by atoms with Crippen molar-refractivity contribution in [1.29, 1.82) is 0 Å². The molecule has 0 atom stereocenters. The first-order valence-electron chi connectivity index (χ1n) is 5.53. The smallest absolute Gasteiger partial charge is 0.229 e. The van der Waals surface area contributed by atoms with Gasteiger partial charge in [-0.05, 0) is 19.1 Å². The zero-order chi connectivity index (χ0) is 12.3. The molecule has 0 amide bonds. The lowest BCUT2D eigenvalue weighted by Gasteiger charge is -2.04. The van der Waals surface area contributed by atoms with Crippen LogP contribution >= 0.6 is 0 Å². The Morgan fingerprint density at radius 1 is 1.41 bits per heavy atom. The summed E-state index contributed by atoms with van der Waals surface area (Å²) in [4.78, 5) is 8.37. The molecule has 0 unspecified atom stereocenters. The van der Waals surface area contributed by atoms with Gasteiger partial charge in [-0.25, -0.2) is 0 Å². The van der Waals surface area contributed by atoms with Gasteiger partial charge >= 0.3 is 0 Å². The van der Waals surface area contributed by atoms with Crippen LogP contribution in [0.3, 0.4) is 0 Å². The largest absolute Gasteiger partial charge is 0.484 e. The Labute approximate surface area is 99.8 Å². The van der Waals surface area contributed by atoms with E-state index < -0.39 is 0 Å². The molecule has 2 heterocycles. The molecule has 17 heavy (non-hydrogen) atoms. The van der Waals surface area contributed by atoms with Crippen LogP contribution in [0.15, 0.2) is 22.9 Å². The normalized spacial score (nSPS) is 10.8. The first kappa shape index (κ1) is 11.6. The fourth-order valence-electron chi connectivity index (χ4n) is 1.32. The summed E-state index contributed by atoms with van der Waals surface area (Å²) in [6.45, 7) is 6.20. The van der Waals surface area contributed by atoms with Crippen LogP contribution in [-0.2, 0) is 6.61 Å². The molecule has 0 radical (unpaired) electrons. The number of rotatable bonds is 4. The van der Waals surface area contributed by atoms with Crippen LogP contribution in [-0.4, -0.2) is 15.1 Å². The van der Waals surface area contributed by atoms with Crippen molar-refractivity contribution in [2.24, 2.45) is 0 Å². The second kappa shape index (κ2) is 4.95. The number of pyridine rings is 1. The number of nitrogens with zero attached hydrogens (tertiary/aromatic N) is 3. The molecule has 5 nitrogen and oxygen atoms in total. The van der Waals surface area contributed by atoms with Crippen molar-refractivity contribution >= 4 is 0 Å². The van der Waals surface area contributed by atoms with Crippen molar-refractivity contribution in [2.75, 3.05) is 0 Å². The van der Waals surface area contributed by atoms with Crippen molar-refractivity contribution in [3.05, 3.63) is 35.7 Å². The molecule has 0 saturated heterocycles. The molecule has 5 heteroatoms. The molecule has 0 N–H and O–H groups in total. The molecule has 0 spiro atoms. The topological polar surface area (TPSA) is 61.0 Å². The maximum Gasteiger partial charge on any atom is 0.229 e. The van der Waals surface area contributed by atoms with E-state index in [-0.39, 0.29) is 5.92 Å². The van der Waals surface area contributed by atoms with Crippen LogP contribution in [0.2, 0.25) is 0 Å². The number of aryl methyl sites for hydroxylation is 1. The highest BCUT2D eigenvalue weighted by molar-refractivity contribution is 5.25. The number of ether oxygens (including phenoxy) is 1. The fraction of sp³-hybridized carbons (Fsp3) is 0.417. The van der Waals surface area contributed by atoms with E-state index in [9.17, 15) is 0 Å².